The van der Waals surface area contributed by atoms with Gasteiger partial charge in [-0.15, -0.1) is 10.2 Å². The molecule has 2 aromatic rings. The molecule has 4 heteroatoms. The fourth-order valence-corrected chi connectivity index (χ4v) is 1.71. The molecular formula is C11H16N4. The summed E-state index contributed by atoms with van der Waals surface area (Å²) < 4.78 is 2.00. The minimum absolute atomic E-state index is 0.699. The molecule has 0 atom stereocenters. The van der Waals surface area contributed by atoms with Gasteiger partial charge in [0.05, 0.1) is 5.69 Å². The summed E-state index contributed by atoms with van der Waals surface area (Å²) in [4.78, 5) is 0. The van der Waals surface area contributed by atoms with E-state index in [1.165, 1.54) is 0 Å². The van der Waals surface area contributed by atoms with E-state index in [0.29, 0.717) is 5.69 Å². The van der Waals surface area contributed by atoms with Gasteiger partial charge in [-0.25, -0.2) is 0 Å². The fourth-order valence-electron chi connectivity index (χ4n) is 1.71. The molecule has 0 amide bonds. The van der Waals surface area contributed by atoms with Crippen LogP contribution in [0.25, 0.3) is 5.65 Å². The summed E-state index contributed by atoms with van der Waals surface area (Å²) in [5.74, 6) is 1.00. The molecule has 0 radical (unpaired) electrons. The van der Waals surface area contributed by atoms with Crippen LogP contribution in [0.1, 0.15) is 31.2 Å². The zero-order chi connectivity index (χ0) is 10.8. The van der Waals surface area contributed by atoms with Gasteiger partial charge in [-0.1, -0.05) is 13.3 Å². The molecule has 0 unspecified atom stereocenters. The first-order chi connectivity index (χ1) is 7.22. The number of aromatic nitrogens is 3. The van der Waals surface area contributed by atoms with E-state index in [2.05, 4.69) is 17.1 Å². The summed E-state index contributed by atoms with van der Waals surface area (Å²) in [6.07, 6.45) is 5.29. The van der Waals surface area contributed by atoms with Crippen molar-refractivity contribution >= 4 is 11.3 Å². The van der Waals surface area contributed by atoms with Crippen LogP contribution in [0.4, 0.5) is 5.69 Å². The number of nitrogen functional groups attached to an aromatic ring is 1. The van der Waals surface area contributed by atoms with Crippen molar-refractivity contribution in [2.24, 2.45) is 0 Å². The van der Waals surface area contributed by atoms with Crippen LogP contribution < -0.4 is 5.73 Å². The molecule has 0 aromatic carbocycles. The van der Waals surface area contributed by atoms with Gasteiger partial charge in [0.15, 0.2) is 5.65 Å². The Kier molecular flexibility index (Phi) is 2.58. The predicted octanol–water partition coefficient (Wildman–Crippen LogP) is 1.96. The molecule has 80 valence electrons. The van der Waals surface area contributed by atoms with E-state index in [4.69, 9.17) is 5.73 Å². The van der Waals surface area contributed by atoms with E-state index in [-0.39, 0.29) is 0 Å². The van der Waals surface area contributed by atoms with Gasteiger partial charge in [0, 0.05) is 12.6 Å². The minimum Gasteiger partial charge on any atom is -0.396 e. The number of unbranched alkanes of at least 4 members (excludes halogenated alkanes) is 1. The van der Waals surface area contributed by atoms with Gasteiger partial charge >= 0.3 is 0 Å². The Bertz CT molecular complexity index is 473. The van der Waals surface area contributed by atoms with Gasteiger partial charge in [0.1, 0.15) is 5.82 Å². The Morgan fingerprint density at radius 3 is 2.93 bits per heavy atom. The second-order valence-corrected chi connectivity index (χ2v) is 3.89. The lowest BCUT2D eigenvalue weighted by Crippen LogP contribution is -1.98. The number of nitrogens with two attached hydrogens (primary N) is 1. The summed E-state index contributed by atoms with van der Waals surface area (Å²) in [6, 6.07) is 1.92. The maximum absolute atomic E-state index is 5.88. The van der Waals surface area contributed by atoms with E-state index in [1.54, 1.807) is 0 Å². The number of pyridine rings is 1. The molecule has 2 rings (SSSR count). The normalized spacial score (nSPS) is 11.1. The number of hydrogen-bond acceptors (Lipinski definition) is 3. The van der Waals surface area contributed by atoms with E-state index in [1.807, 2.05) is 23.6 Å². The third-order valence-corrected chi connectivity index (χ3v) is 2.49. The Morgan fingerprint density at radius 1 is 1.40 bits per heavy atom. The van der Waals surface area contributed by atoms with Crippen LogP contribution in [0.15, 0.2) is 12.3 Å². The lowest BCUT2D eigenvalue weighted by Gasteiger charge is -2.02. The topological polar surface area (TPSA) is 56.2 Å². The highest BCUT2D eigenvalue weighted by Crippen LogP contribution is 2.15. The smallest absolute Gasteiger partial charge is 0.184 e. The van der Waals surface area contributed by atoms with Crippen molar-refractivity contribution in [2.75, 3.05) is 5.73 Å². The summed E-state index contributed by atoms with van der Waals surface area (Å²) in [5, 5.41) is 8.27. The second kappa shape index (κ2) is 3.88. The van der Waals surface area contributed by atoms with Gasteiger partial charge in [0.25, 0.3) is 0 Å². The monoisotopic (exact) mass is 204 g/mol. The van der Waals surface area contributed by atoms with Crippen LogP contribution in [0, 0.1) is 6.92 Å². The Labute approximate surface area is 89.1 Å². The van der Waals surface area contributed by atoms with Crippen molar-refractivity contribution < 1.29 is 0 Å². The third-order valence-electron chi connectivity index (χ3n) is 2.49. The number of rotatable bonds is 3. The molecule has 4 nitrogen and oxygen atoms in total. The van der Waals surface area contributed by atoms with Gasteiger partial charge in [-0.2, -0.15) is 0 Å². The summed E-state index contributed by atoms with van der Waals surface area (Å²) in [7, 11) is 0. The Morgan fingerprint density at radius 2 is 2.20 bits per heavy atom. The van der Waals surface area contributed by atoms with Crippen molar-refractivity contribution in [3.8, 4) is 0 Å². The van der Waals surface area contributed by atoms with Crippen LogP contribution in [0.3, 0.4) is 0 Å². The highest BCUT2D eigenvalue weighted by atomic mass is 15.2. The molecule has 0 aliphatic carbocycles. The molecule has 15 heavy (non-hydrogen) atoms. The number of fused-ring (bicyclic) bond motifs is 1. The van der Waals surface area contributed by atoms with Crippen molar-refractivity contribution in [3.05, 3.63) is 23.7 Å². The average Bonchev–Trinajstić information content (AvgIpc) is 2.58. The van der Waals surface area contributed by atoms with Crippen molar-refractivity contribution in [1.82, 2.24) is 14.6 Å². The van der Waals surface area contributed by atoms with Crippen molar-refractivity contribution in [2.45, 2.75) is 33.1 Å². The molecule has 0 spiro atoms. The largest absolute Gasteiger partial charge is 0.396 e. The van der Waals surface area contributed by atoms with E-state index in [9.17, 15) is 0 Å². The third kappa shape index (κ3) is 1.79. The fraction of sp³-hybridized carbons (Fsp3) is 0.455. The number of hydrogen-bond donors (Lipinski definition) is 1. The predicted molar refractivity (Wildman–Crippen MR) is 60.7 cm³/mol. The summed E-state index contributed by atoms with van der Waals surface area (Å²) >= 11 is 0. The van der Waals surface area contributed by atoms with Crippen LogP contribution >= 0.6 is 0 Å². The van der Waals surface area contributed by atoms with Crippen LogP contribution in [0.2, 0.25) is 0 Å². The lowest BCUT2D eigenvalue weighted by atomic mass is 10.2. The van der Waals surface area contributed by atoms with Gasteiger partial charge in [0.2, 0.25) is 0 Å². The standard InChI is InChI=1S/C11H16N4/c1-3-4-5-10-13-14-11-9(12)6-8(2)7-15(10)11/h6-7H,3-5,12H2,1-2H3. The van der Waals surface area contributed by atoms with Crippen LogP contribution in [-0.4, -0.2) is 14.6 Å². The van der Waals surface area contributed by atoms with Crippen LogP contribution in [-0.2, 0) is 6.42 Å². The number of nitrogens with zero attached hydrogens (tertiary/aromatic N) is 3. The quantitative estimate of drug-likeness (QED) is 0.831. The number of aryl methyl sites for hydroxylation is 2. The number of anilines is 1. The molecule has 2 heterocycles. The molecule has 0 saturated heterocycles. The van der Waals surface area contributed by atoms with Crippen molar-refractivity contribution in [1.29, 1.82) is 0 Å². The first-order valence-corrected chi connectivity index (χ1v) is 5.32. The van der Waals surface area contributed by atoms with Gasteiger partial charge < -0.3 is 5.73 Å². The Balaban J connectivity index is 2.49. The first-order valence-electron chi connectivity index (χ1n) is 5.32. The zero-order valence-electron chi connectivity index (χ0n) is 9.20. The summed E-state index contributed by atoms with van der Waals surface area (Å²) in [6.45, 7) is 4.20. The lowest BCUT2D eigenvalue weighted by molar-refractivity contribution is 0.743. The van der Waals surface area contributed by atoms with Gasteiger partial charge in [-0.05, 0) is 25.0 Å². The average molecular weight is 204 g/mol. The van der Waals surface area contributed by atoms with E-state index in [0.717, 1.165) is 36.3 Å². The Hall–Kier alpha value is -1.58. The first kappa shape index (κ1) is 9.96. The van der Waals surface area contributed by atoms with E-state index < -0.39 is 0 Å². The van der Waals surface area contributed by atoms with E-state index >= 15 is 0 Å². The zero-order valence-corrected chi connectivity index (χ0v) is 9.20. The van der Waals surface area contributed by atoms with Gasteiger partial charge in [-0.3, -0.25) is 4.40 Å². The SMILES string of the molecule is CCCCc1nnc2c(N)cc(C)cn12. The molecule has 0 fully saturated rings. The maximum atomic E-state index is 5.88. The molecular weight excluding hydrogens is 188 g/mol. The summed E-state index contributed by atoms with van der Waals surface area (Å²) in [5.41, 5.74) is 8.48. The molecule has 0 bridgehead atoms. The van der Waals surface area contributed by atoms with Crippen LogP contribution in [0.5, 0.6) is 0 Å². The highest BCUT2D eigenvalue weighted by Gasteiger charge is 2.07. The maximum Gasteiger partial charge on any atom is 0.184 e. The molecule has 0 saturated carbocycles. The van der Waals surface area contributed by atoms with Crippen molar-refractivity contribution in [3.63, 3.8) is 0 Å². The molecule has 0 aliphatic rings. The molecule has 2 N–H and O–H groups in total. The minimum atomic E-state index is 0.699. The second-order valence-electron chi connectivity index (χ2n) is 3.89. The molecule has 0 aliphatic heterocycles. The highest BCUT2D eigenvalue weighted by molar-refractivity contribution is 5.64. The molecule has 2 aromatic heterocycles.